The summed E-state index contributed by atoms with van der Waals surface area (Å²) in [7, 11) is 0. The van der Waals surface area contributed by atoms with Gasteiger partial charge in [0.15, 0.2) is 0 Å². The lowest BCUT2D eigenvalue weighted by Gasteiger charge is -2.13. The topological polar surface area (TPSA) is 63.7 Å². The van der Waals surface area contributed by atoms with Gasteiger partial charge in [0.2, 0.25) is 0 Å². The van der Waals surface area contributed by atoms with E-state index in [4.69, 9.17) is 4.74 Å². The van der Waals surface area contributed by atoms with Gasteiger partial charge >= 0.3 is 5.97 Å². The van der Waals surface area contributed by atoms with E-state index in [1.807, 2.05) is 30.3 Å². The maximum atomic E-state index is 12.1. The van der Waals surface area contributed by atoms with E-state index in [1.54, 1.807) is 19.9 Å². The second kappa shape index (κ2) is 6.58. The average molecular weight is 305 g/mol. The van der Waals surface area contributed by atoms with Crippen LogP contribution in [0.25, 0.3) is 6.08 Å². The van der Waals surface area contributed by atoms with Crippen molar-refractivity contribution in [3.05, 3.63) is 40.8 Å². The molecule has 0 bridgehead atoms. The number of hydrogen-bond acceptors (Lipinski definition) is 5. The van der Waals surface area contributed by atoms with Crippen molar-refractivity contribution in [2.75, 3.05) is 6.54 Å². The number of hydrogen-bond donors (Lipinski definition) is 0. The second-order valence-corrected chi connectivity index (χ2v) is 5.71. The van der Waals surface area contributed by atoms with Gasteiger partial charge in [-0.25, -0.2) is 0 Å². The minimum Gasteiger partial charge on any atom is -0.462 e. The van der Waals surface area contributed by atoms with E-state index >= 15 is 0 Å². The Bertz CT molecular complexity index is 595. The van der Waals surface area contributed by atoms with Gasteiger partial charge in [-0.3, -0.25) is 19.3 Å². The third kappa shape index (κ3) is 3.95. The number of imide groups is 1. The maximum Gasteiger partial charge on any atom is 0.326 e. The van der Waals surface area contributed by atoms with E-state index in [1.165, 1.54) is 0 Å². The second-order valence-electron chi connectivity index (χ2n) is 4.72. The maximum absolute atomic E-state index is 12.1. The zero-order valence-electron chi connectivity index (χ0n) is 11.7. The third-order valence-electron chi connectivity index (χ3n) is 2.63. The predicted molar refractivity (Wildman–Crippen MR) is 80.3 cm³/mol. The van der Waals surface area contributed by atoms with E-state index in [0.29, 0.717) is 4.91 Å². The lowest BCUT2D eigenvalue weighted by molar-refractivity contribution is -0.149. The molecule has 0 radical (unpaired) electrons. The monoisotopic (exact) mass is 305 g/mol. The molecule has 1 aromatic carbocycles. The van der Waals surface area contributed by atoms with Crippen molar-refractivity contribution in [3.8, 4) is 0 Å². The van der Waals surface area contributed by atoms with Gasteiger partial charge in [0.1, 0.15) is 6.54 Å². The molecule has 1 aromatic rings. The first kappa shape index (κ1) is 15.3. The van der Waals surface area contributed by atoms with E-state index in [2.05, 4.69) is 0 Å². The van der Waals surface area contributed by atoms with Gasteiger partial charge < -0.3 is 4.74 Å². The van der Waals surface area contributed by atoms with Crippen LogP contribution in [0.4, 0.5) is 4.79 Å². The molecular weight excluding hydrogens is 290 g/mol. The zero-order valence-corrected chi connectivity index (χ0v) is 12.6. The largest absolute Gasteiger partial charge is 0.462 e. The highest BCUT2D eigenvalue weighted by Crippen LogP contribution is 2.31. The zero-order chi connectivity index (χ0) is 15.4. The van der Waals surface area contributed by atoms with Gasteiger partial charge in [-0.05, 0) is 37.2 Å². The SMILES string of the molecule is CC(C)OC(=O)CN1C(=O)S/C(=C\c2ccccc2)C1=O. The number of carbonyl (C=O) groups is 3. The summed E-state index contributed by atoms with van der Waals surface area (Å²) in [6.45, 7) is 3.07. The fraction of sp³-hybridized carbons (Fsp3) is 0.267. The molecular formula is C15H15NO4S. The summed E-state index contributed by atoms with van der Waals surface area (Å²) in [6, 6.07) is 9.22. The van der Waals surface area contributed by atoms with E-state index < -0.39 is 17.1 Å². The Balaban J connectivity index is 2.10. The molecule has 6 heteroatoms. The fourth-order valence-electron chi connectivity index (χ4n) is 1.77. The summed E-state index contributed by atoms with van der Waals surface area (Å²) in [5.74, 6) is -1.05. The molecule has 21 heavy (non-hydrogen) atoms. The standard InChI is InChI=1S/C15H15NO4S/c1-10(2)20-13(17)9-16-14(18)12(21-15(16)19)8-11-6-4-3-5-7-11/h3-8,10H,9H2,1-2H3/b12-8-. The van der Waals surface area contributed by atoms with Crippen LogP contribution in [0.5, 0.6) is 0 Å². The lowest BCUT2D eigenvalue weighted by Crippen LogP contribution is -2.35. The van der Waals surface area contributed by atoms with Crippen molar-refractivity contribution in [1.82, 2.24) is 4.90 Å². The van der Waals surface area contributed by atoms with Crippen molar-refractivity contribution in [1.29, 1.82) is 0 Å². The minimum atomic E-state index is -0.590. The molecule has 1 fully saturated rings. The van der Waals surface area contributed by atoms with Gasteiger partial charge in [-0.2, -0.15) is 0 Å². The quantitative estimate of drug-likeness (QED) is 0.632. The van der Waals surface area contributed by atoms with Crippen LogP contribution in [-0.2, 0) is 14.3 Å². The number of benzene rings is 1. The van der Waals surface area contributed by atoms with Crippen LogP contribution in [0, 0.1) is 0 Å². The molecule has 1 heterocycles. The molecule has 5 nitrogen and oxygen atoms in total. The van der Waals surface area contributed by atoms with Crippen molar-refractivity contribution >= 4 is 35.0 Å². The number of carbonyl (C=O) groups excluding carboxylic acids is 3. The molecule has 1 saturated heterocycles. The number of esters is 1. The van der Waals surface area contributed by atoms with Crippen LogP contribution >= 0.6 is 11.8 Å². The van der Waals surface area contributed by atoms with Crippen LogP contribution in [0.1, 0.15) is 19.4 Å². The van der Waals surface area contributed by atoms with Gasteiger partial charge in [0.05, 0.1) is 11.0 Å². The van der Waals surface area contributed by atoms with Crippen molar-refractivity contribution in [3.63, 3.8) is 0 Å². The highest BCUT2D eigenvalue weighted by Gasteiger charge is 2.36. The molecule has 0 atom stereocenters. The average Bonchev–Trinajstić information content (AvgIpc) is 2.67. The highest BCUT2D eigenvalue weighted by atomic mass is 32.2. The molecule has 1 aliphatic heterocycles. The number of nitrogens with zero attached hydrogens (tertiary/aromatic N) is 1. The first-order chi connectivity index (χ1) is 9.97. The normalized spacial score (nSPS) is 16.9. The van der Waals surface area contributed by atoms with E-state index in [-0.39, 0.29) is 12.6 Å². The summed E-state index contributed by atoms with van der Waals surface area (Å²) in [5.41, 5.74) is 0.827. The first-order valence-corrected chi connectivity index (χ1v) is 7.29. The van der Waals surface area contributed by atoms with Crippen molar-refractivity contribution in [2.45, 2.75) is 20.0 Å². The number of rotatable bonds is 4. The van der Waals surface area contributed by atoms with E-state index in [0.717, 1.165) is 22.2 Å². The molecule has 0 N–H and O–H groups in total. The Morgan fingerprint density at radius 3 is 2.57 bits per heavy atom. The predicted octanol–water partition coefficient (Wildman–Crippen LogP) is 2.67. The van der Waals surface area contributed by atoms with Crippen LogP contribution in [0.2, 0.25) is 0 Å². The van der Waals surface area contributed by atoms with Crippen LogP contribution in [0.3, 0.4) is 0 Å². The Morgan fingerprint density at radius 2 is 1.95 bits per heavy atom. The molecule has 0 aliphatic carbocycles. The first-order valence-electron chi connectivity index (χ1n) is 6.47. The van der Waals surface area contributed by atoms with Crippen molar-refractivity contribution in [2.24, 2.45) is 0 Å². The molecule has 0 spiro atoms. The smallest absolute Gasteiger partial charge is 0.326 e. The summed E-state index contributed by atoms with van der Waals surface area (Å²) in [4.78, 5) is 36.8. The summed E-state index contributed by atoms with van der Waals surface area (Å²) in [6.07, 6.45) is 1.36. The Morgan fingerprint density at radius 1 is 1.29 bits per heavy atom. The third-order valence-corrected chi connectivity index (χ3v) is 3.53. The molecule has 0 unspecified atom stereocenters. The van der Waals surface area contributed by atoms with Crippen LogP contribution in [0.15, 0.2) is 35.2 Å². The molecule has 0 aromatic heterocycles. The molecule has 1 aliphatic rings. The highest BCUT2D eigenvalue weighted by molar-refractivity contribution is 8.18. The Hall–Kier alpha value is -2.08. The Kier molecular flexibility index (Phi) is 4.80. The molecule has 2 amide bonds. The van der Waals surface area contributed by atoms with Crippen LogP contribution < -0.4 is 0 Å². The van der Waals surface area contributed by atoms with Crippen molar-refractivity contribution < 1.29 is 19.1 Å². The van der Waals surface area contributed by atoms with E-state index in [9.17, 15) is 14.4 Å². The number of ether oxygens (including phenoxy) is 1. The summed E-state index contributed by atoms with van der Waals surface area (Å²) < 4.78 is 4.95. The van der Waals surface area contributed by atoms with Gasteiger partial charge in [-0.15, -0.1) is 0 Å². The fourth-order valence-corrected chi connectivity index (χ4v) is 2.60. The number of thioether (sulfide) groups is 1. The van der Waals surface area contributed by atoms with Gasteiger partial charge in [0, 0.05) is 0 Å². The summed E-state index contributed by atoms with van der Waals surface area (Å²) >= 11 is 0.828. The van der Waals surface area contributed by atoms with Gasteiger partial charge in [-0.1, -0.05) is 30.3 Å². The van der Waals surface area contributed by atoms with Crippen LogP contribution in [-0.4, -0.2) is 34.7 Å². The Labute approximate surface area is 127 Å². The molecule has 2 rings (SSSR count). The summed E-state index contributed by atoms with van der Waals surface area (Å²) in [5, 5.41) is -0.456. The minimum absolute atomic E-state index is 0.280. The lowest BCUT2D eigenvalue weighted by atomic mass is 10.2. The molecule has 110 valence electrons. The molecule has 0 saturated carbocycles. The van der Waals surface area contributed by atoms with Gasteiger partial charge in [0.25, 0.3) is 11.1 Å². The number of amides is 2.